The molecule has 4 heteroatoms. The van der Waals surface area contributed by atoms with Crippen LogP contribution >= 0.6 is 11.3 Å². The van der Waals surface area contributed by atoms with Crippen LogP contribution in [0.15, 0.2) is 42.6 Å². The molecular formula is C19H13FNOS+. The Kier molecular flexibility index (Phi) is 2.43. The van der Waals surface area contributed by atoms with Crippen LogP contribution in [-0.4, -0.2) is 0 Å². The predicted molar refractivity (Wildman–Crippen MR) is 90.7 cm³/mol. The fraction of sp³-hybridized carbons (Fsp3) is 0.105. The van der Waals surface area contributed by atoms with Crippen molar-refractivity contribution in [1.82, 2.24) is 0 Å². The number of ether oxygens (including phenoxy) is 1. The molecule has 0 saturated carbocycles. The Morgan fingerprint density at radius 3 is 2.91 bits per heavy atom. The molecule has 4 aromatic rings. The van der Waals surface area contributed by atoms with Crippen molar-refractivity contribution in [2.24, 2.45) is 7.05 Å². The lowest BCUT2D eigenvalue weighted by atomic mass is 9.93. The molecule has 0 aliphatic carbocycles. The average Bonchev–Trinajstić information content (AvgIpc) is 2.90. The zero-order valence-electron chi connectivity index (χ0n) is 12.7. The van der Waals surface area contributed by atoms with Crippen LogP contribution in [0.1, 0.15) is 5.56 Å². The molecule has 2 aromatic heterocycles. The summed E-state index contributed by atoms with van der Waals surface area (Å²) in [6.07, 6.45) is 1.98. The van der Waals surface area contributed by atoms with Gasteiger partial charge in [0.05, 0.1) is 10.9 Å². The van der Waals surface area contributed by atoms with Crippen LogP contribution in [0.4, 0.5) is 4.39 Å². The van der Waals surface area contributed by atoms with E-state index in [-0.39, 0.29) is 5.13 Å². The monoisotopic (exact) mass is 322 g/mol. The summed E-state index contributed by atoms with van der Waals surface area (Å²) in [5.74, 6) is 1.59. The fourth-order valence-corrected chi connectivity index (χ4v) is 4.38. The highest BCUT2D eigenvalue weighted by atomic mass is 32.1. The molecule has 0 spiro atoms. The Labute approximate surface area is 136 Å². The second-order valence-corrected chi connectivity index (χ2v) is 6.99. The number of thiophene rings is 1. The van der Waals surface area contributed by atoms with Gasteiger partial charge in [0.1, 0.15) is 17.5 Å². The molecule has 1 aliphatic rings. The first-order chi connectivity index (χ1) is 11.1. The maximum absolute atomic E-state index is 13.8. The smallest absolute Gasteiger partial charge is 0.257 e. The van der Waals surface area contributed by atoms with Crippen LogP contribution < -0.4 is 9.30 Å². The summed E-state index contributed by atoms with van der Waals surface area (Å²) >= 11 is 1.15. The minimum atomic E-state index is -0.189. The SMILES string of the molecule is Cc1ccc2cccc3c2c1-c1c(c2cc(F)sc2c[n+]1C)O3. The highest BCUT2D eigenvalue weighted by Crippen LogP contribution is 2.49. The summed E-state index contributed by atoms with van der Waals surface area (Å²) in [5.41, 5.74) is 3.38. The fourth-order valence-electron chi connectivity index (χ4n) is 3.52. The van der Waals surface area contributed by atoms with Crippen LogP contribution in [-0.2, 0) is 7.05 Å². The topological polar surface area (TPSA) is 13.1 Å². The van der Waals surface area contributed by atoms with Gasteiger partial charge in [-0.1, -0.05) is 35.6 Å². The first-order valence-corrected chi connectivity index (χ1v) is 8.27. The molecule has 0 bridgehead atoms. The Morgan fingerprint density at radius 2 is 2.04 bits per heavy atom. The molecule has 3 heterocycles. The molecular weight excluding hydrogens is 309 g/mol. The van der Waals surface area contributed by atoms with Gasteiger partial charge in [-0.2, -0.15) is 8.96 Å². The third-order valence-electron chi connectivity index (χ3n) is 4.52. The lowest BCUT2D eigenvalue weighted by Gasteiger charge is -2.21. The van der Waals surface area contributed by atoms with Crippen molar-refractivity contribution in [3.63, 3.8) is 0 Å². The van der Waals surface area contributed by atoms with E-state index in [1.165, 1.54) is 11.1 Å². The quantitative estimate of drug-likeness (QED) is 0.362. The van der Waals surface area contributed by atoms with Gasteiger partial charge in [-0.3, -0.25) is 0 Å². The van der Waals surface area contributed by atoms with Gasteiger partial charge >= 0.3 is 0 Å². The molecule has 1 aliphatic heterocycles. The van der Waals surface area contributed by atoms with Crippen molar-refractivity contribution in [2.45, 2.75) is 6.92 Å². The van der Waals surface area contributed by atoms with Gasteiger partial charge in [-0.25, -0.2) is 0 Å². The van der Waals surface area contributed by atoms with Gasteiger partial charge in [0, 0.05) is 5.39 Å². The number of nitrogens with zero attached hydrogens (tertiary/aromatic N) is 1. The van der Waals surface area contributed by atoms with Gasteiger partial charge in [0.25, 0.3) is 5.69 Å². The van der Waals surface area contributed by atoms with E-state index in [0.717, 1.165) is 49.4 Å². The van der Waals surface area contributed by atoms with E-state index in [0.29, 0.717) is 0 Å². The maximum Gasteiger partial charge on any atom is 0.257 e. The van der Waals surface area contributed by atoms with Gasteiger partial charge in [0.15, 0.2) is 11.3 Å². The molecule has 2 aromatic carbocycles. The maximum atomic E-state index is 13.8. The minimum absolute atomic E-state index is 0.189. The summed E-state index contributed by atoms with van der Waals surface area (Å²) in [5, 5.41) is 2.94. The summed E-state index contributed by atoms with van der Waals surface area (Å²) in [6, 6.07) is 11.9. The normalized spacial score (nSPS) is 12.5. The molecule has 112 valence electrons. The molecule has 2 nitrogen and oxygen atoms in total. The first kappa shape index (κ1) is 13.0. The van der Waals surface area contributed by atoms with Crippen LogP contribution in [0.25, 0.3) is 32.1 Å². The Hall–Kier alpha value is -2.46. The molecule has 0 amide bonds. The van der Waals surface area contributed by atoms with Crippen LogP contribution in [0.5, 0.6) is 11.5 Å². The van der Waals surface area contributed by atoms with E-state index in [1.807, 2.05) is 29.9 Å². The minimum Gasteiger partial charge on any atom is -0.449 e. The zero-order chi connectivity index (χ0) is 15.7. The van der Waals surface area contributed by atoms with E-state index in [1.54, 1.807) is 6.07 Å². The van der Waals surface area contributed by atoms with Crippen LogP contribution in [0, 0.1) is 12.1 Å². The van der Waals surface area contributed by atoms with Crippen molar-refractivity contribution in [3.8, 4) is 22.8 Å². The van der Waals surface area contributed by atoms with E-state index in [4.69, 9.17) is 4.74 Å². The number of benzene rings is 2. The molecule has 0 radical (unpaired) electrons. The van der Waals surface area contributed by atoms with Crippen molar-refractivity contribution in [1.29, 1.82) is 0 Å². The first-order valence-electron chi connectivity index (χ1n) is 7.46. The third kappa shape index (κ3) is 1.64. The molecule has 23 heavy (non-hydrogen) atoms. The number of fused-ring (bicyclic) bond motifs is 4. The zero-order valence-corrected chi connectivity index (χ0v) is 13.5. The lowest BCUT2D eigenvalue weighted by molar-refractivity contribution is -0.659. The largest absolute Gasteiger partial charge is 0.449 e. The van der Waals surface area contributed by atoms with Crippen LogP contribution in [0.3, 0.4) is 0 Å². The summed E-state index contributed by atoms with van der Waals surface area (Å²) in [6.45, 7) is 2.11. The molecule has 0 atom stereocenters. The van der Waals surface area contributed by atoms with E-state index < -0.39 is 0 Å². The highest BCUT2D eigenvalue weighted by molar-refractivity contribution is 7.17. The van der Waals surface area contributed by atoms with Crippen molar-refractivity contribution in [3.05, 3.63) is 53.3 Å². The summed E-state index contributed by atoms with van der Waals surface area (Å²) in [7, 11) is 1.99. The molecule has 5 rings (SSSR count). The molecule has 0 saturated heterocycles. The number of rotatable bonds is 0. The van der Waals surface area contributed by atoms with Crippen LogP contribution in [0.2, 0.25) is 0 Å². The second kappa shape index (κ2) is 4.30. The average molecular weight is 322 g/mol. The molecule has 0 N–H and O–H groups in total. The number of pyridine rings is 1. The number of hydrogen-bond donors (Lipinski definition) is 0. The summed E-state index contributed by atoms with van der Waals surface area (Å²) in [4.78, 5) is 0. The Balaban J connectivity index is 2.03. The predicted octanol–water partition coefficient (Wildman–Crippen LogP) is 5.10. The second-order valence-electron chi connectivity index (χ2n) is 5.96. The number of aromatic nitrogens is 1. The van der Waals surface area contributed by atoms with E-state index >= 15 is 0 Å². The number of halogens is 1. The van der Waals surface area contributed by atoms with E-state index in [9.17, 15) is 4.39 Å². The number of aryl methyl sites for hydroxylation is 2. The highest BCUT2D eigenvalue weighted by Gasteiger charge is 2.31. The third-order valence-corrected chi connectivity index (χ3v) is 5.38. The molecule has 0 fully saturated rings. The Morgan fingerprint density at radius 1 is 1.17 bits per heavy atom. The molecule has 0 unspecified atom stereocenters. The Bertz CT molecular complexity index is 1130. The lowest BCUT2D eigenvalue weighted by Crippen LogP contribution is -2.32. The van der Waals surface area contributed by atoms with Crippen molar-refractivity contribution < 1.29 is 13.7 Å². The van der Waals surface area contributed by atoms with Crippen molar-refractivity contribution in [2.75, 3.05) is 0 Å². The summed E-state index contributed by atoms with van der Waals surface area (Å²) < 4.78 is 23.0. The van der Waals surface area contributed by atoms with Gasteiger partial charge in [-0.05, 0) is 30.0 Å². The standard InChI is InChI=1S/C19H13FNOS/c1-10-6-7-11-4-3-5-13-17(11)16(10)18-19(22-13)12-8-15(20)23-14(12)9-21(18)2/h3-9H,1-2H3/q+1. The van der Waals surface area contributed by atoms with Gasteiger partial charge < -0.3 is 4.74 Å². The van der Waals surface area contributed by atoms with Gasteiger partial charge in [-0.15, -0.1) is 0 Å². The van der Waals surface area contributed by atoms with Crippen molar-refractivity contribution >= 4 is 32.2 Å². The van der Waals surface area contributed by atoms with Gasteiger partial charge in [0.2, 0.25) is 5.75 Å². The van der Waals surface area contributed by atoms with E-state index in [2.05, 4.69) is 25.1 Å². The number of hydrogen-bond acceptors (Lipinski definition) is 2.